The molecule has 6 nitrogen and oxygen atoms in total. The van der Waals surface area contributed by atoms with Crippen LogP contribution in [0.1, 0.15) is 15.9 Å². The third kappa shape index (κ3) is 2.87. The van der Waals surface area contributed by atoms with Gasteiger partial charge in [-0.3, -0.25) is 4.79 Å². The van der Waals surface area contributed by atoms with Crippen LogP contribution in [-0.4, -0.2) is 34.2 Å². The van der Waals surface area contributed by atoms with Crippen LogP contribution in [0.2, 0.25) is 0 Å². The first-order valence-electron chi connectivity index (χ1n) is 7.54. The Morgan fingerprint density at radius 2 is 1.52 bits per heavy atom. The van der Waals surface area contributed by atoms with Gasteiger partial charge in [0.25, 0.3) is 0 Å². The van der Waals surface area contributed by atoms with E-state index in [0.717, 1.165) is 5.56 Å². The number of ketones is 1. The number of hydrogen-bond donors (Lipinski definition) is 0. The molecule has 3 rings (SSSR count). The fraction of sp³-hybridized carbons (Fsp3) is 0.211. The van der Waals surface area contributed by atoms with Crippen molar-refractivity contribution in [3.63, 3.8) is 0 Å². The zero-order valence-corrected chi connectivity index (χ0v) is 14.4. The minimum absolute atomic E-state index is 0.203. The molecular weight excluding hydrogens is 324 g/mol. The summed E-state index contributed by atoms with van der Waals surface area (Å²) in [6.07, 6.45) is 1.65. The molecule has 0 fully saturated rings. The molecule has 0 radical (unpaired) electrons. The third-order valence-corrected chi connectivity index (χ3v) is 3.89. The van der Waals surface area contributed by atoms with Gasteiger partial charge in [0.1, 0.15) is 0 Å². The number of methoxy groups -OCH3 is 4. The summed E-state index contributed by atoms with van der Waals surface area (Å²) in [7, 11) is 6.15. The van der Waals surface area contributed by atoms with Gasteiger partial charge in [-0.1, -0.05) is 6.07 Å². The number of rotatable bonds is 5. The molecule has 0 saturated carbocycles. The van der Waals surface area contributed by atoms with Crippen molar-refractivity contribution in [1.29, 1.82) is 0 Å². The van der Waals surface area contributed by atoms with Gasteiger partial charge in [0.15, 0.2) is 28.8 Å². The molecular formula is C19H18O6. The summed E-state index contributed by atoms with van der Waals surface area (Å²) in [5.41, 5.74) is 1.18. The van der Waals surface area contributed by atoms with Gasteiger partial charge < -0.3 is 23.7 Å². The van der Waals surface area contributed by atoms with Gasteiger partial charge in [-0.15, -0.1) is 0 Å². The van der Waals surface area contributed by atoms with Crippen LogP contribution in [0.4, 0.5) is 0 Å². The number of allylic oxidation sites excluding steroid dienone is 1. The predicted molar refractivity (Wildman–Crippen MR) is 92.0 cm³/mol. The quantitative estimate of drug-likeness (QED) is 0.777. The number of Topliss-reactive ketones (excluding diaryl/α,β-unsaturated/α-hetero) is 1. The monoisotopic (exact) mass is 342 g/mol. The molecule has 0 amide bonds. The average Bonchev–Trinajstić information content (AvgIpc) is 2.96. The SMILES string of the molecule is COc1ccc(C=C2Oc3c(ccc(OC)c3OC)C2=O)cc1OC. The lowest BCUT2D eigenvalue weighted by atomic mass is 10.1. The highest BCUT2D eigenvalue weighted by molar-refractivity contribution is 6.15. The smallest absolute Gasteiger partial charge is 0.232 e. The van der Waals surface area contributed by atoms with Crippen molar-refractivity contribution in [2.75, 3.05) is 28.4 Å². The summed E-state index contributed by atoms with van der Waals surface area (Å²) in [5.74, 6) is 2.42. The van der Waals surface area contributed by atoms with Crippen LogP contribution < -0.4 is 23.7 Å². The summed E-state index contributed by atoms with van der Waals surface area (Å²) >= 11 is 0. The van der Waals surface area contributed by atoms with Crippen LogP contribution in [0.15, 0.2) is 36.1 Å². The van der Waals surface area contributed by atoms with E-state index in [2.05, 4.69) is 0 Å². The van der Waals surface area contributed by atoms with Crippen LogP contribution in [-0.2, 0) is 0 Å². The van der Waals surface area contributed by atoms with E-state index in [4.69, 9.17) is 23.7 Å². The van der Waals surface area contributed by atoms with E-state index in [1.807, 2.05) is 6.07 Å². The van der Waals surface area contributed by atoms with E-state index in [9.17, 15) is 4.79 Å². The summed E-state index contributed by atoms with van der Waals surface area (Å²) < 4.78 is 26.8. The van der Waals surface area contributed by atoms with Gasteiger partial charge >= 0.3 is 0 Å². The third-order valence-electron chi connectivity index (χ3n) is 3.89. The molecule has 0 saturated heterocycles. The van der Waals surface area contributed by atoms with Crippen molar-refractivity contribution in [3.05, 3.63) is 47.2 Å². The fourth-order valence-electron chi connectivity index (χ4n) is 2.66. The lowest BCUT2D eigenvalue weighted by molar-refractivity contribution is 0.101. The second kappa shape index (κ2) is 6.76. The molecule has 1 aliphatic rings. The van der Waals surface area contributed by atoms with E-state index in [0.29, 0.717) is 34.3 Å². The van der Waals surface area contributed by atoms with E-state index in [1.54, 1.807) is 44.6 Å². The summed E-state index contributed by atoms with van der Waals surface area (Å²) in [6, 6.07) is 8.68. The molecule has 2 aromatic rings. The van der Waals surface area contributed by atoms with Crippen molar-refractivity contribution in [3.8, 4) is 28.7 Å². The Hall–Kier alpha value is -3.15. The molecule has 1 heterocycles. The van der Waals surface area contributed by atoms with Crippen LogP contribution in [0, 0.1) is 0 Å². The van der Waals surface area contributed by atoms with Crippen molar-refractivity contribution >= 4 is 11.9 Å². The maximum atomic E-state index is 12.6. The molecule has 0 aromatic heterocycles. The summed E-state index contributed by atoms with van der Waals surface area (Å²) in [6.45, 7) is 0. The first-order chi connectivity index (χ1) is 12.1. The number of benzene rings is 2. The zero-order valence-electron chi connectivity index (χ0n) is 14.4. The maximum Gasteiger partial charge on any atom is 0.232 e. The van der Waals surface area contributed by atoms with Gasteiger partial charge in [0.05, 0.1) is 34.0 Å². The van der Waals surface area contributed by atoms with Gasteiger partial charge in [0.2, 0.25) is 11.5 Å². The molecule has 0 spiro atoms. The van der Waals surface area contributed by atoms with Crippen molar-refractivity contribution < 1.29 is 28.5 Å². The molecule has 0 unspecified atom stereocenters. The average molecular weight is 342 g/mol. The fourth-order valence-corrected chi connectivity index (χ4v) is 2.66. The molecule has 0 bridgehead atoms. The lowest BCUT2D eigenvalue weighted by Gasteiger charge is -2.10. The molecule has 130 valence electrons. The Morgan fingerprint density at radius 3 is 2.16 bits per heavy atom. The molecule has 1 aliphatic heterocycles. The van der Waals surface area contributed by atoms with Crippen LogP contribution >= 0.6 is 0 Å². The Kier molecular flexibility index (Phi) is 4.52. The van der Waals surface area contributed by atoms with Crippen LogP contribution in [0.5, 0.6) is 28.7 Å². The molecule has 25 heavy (non-hydrogen) atoms. The zero-order chi connectivity index (χ0) is 18.0. The first kappa shape index (κ1) is 16.7. The Bertz CT molecular complexity index is 853. The van der Waals surface area contributed by atoms with Crippen LogP contribution in [0.3, 0.4) is 0 Å². The number of carbonyl (C=O) groups excluding carboxylic acids is 1. The summed E-state index contributed by atoms with van der Waals surface area (Å²) in [5, 5.41) is 0. The minimum atomic E-state index is -0.217. The number of ether oxygens (including phenoxy) is 5. The molecule has 0 aliphatic carbocycles. The van der Waals surface area contributed by atoms with E-state index < -0.39 is 0 Å². The van der Waals surface area contributed by atoms with Gasteiger partial charge in [-0.05, 0) is 35.9 Å². The van der Waals surface area contributed by atoms with Crippen molar-refractivity contribution in [1.82, 2.24) is 0 Å². The van der Waals surface area contributed by atoms with E-state index in [1.165, 1.54) is 14.2 Å². The second-order valence-corrected chi connectivity index (χ2v) is 5.23. The lowest BCUT2D eigenvalue weighted by Crippen LogP contribution is -1.98. The number of fused-ring (bicyclic) bond motifs is 1. The minimum Gasteiger partial charge on any atom is -0.493 e. The first-order valence-corrected chi connectivity index (χ1v) is 7.54. The van der Waals surface area contributed by atoms with Gasteiger partial charge in [0, 0.05) is 0 Å². The van der Waals surface area contributed by atoms with Gasteiger partial charge in [-0.2, -0.15) is 0 Å². The second-order valence-electron chi connectivity index (χ2n) is 5.23. The van der Waals surface area contributed by atoms with Gasteiger partial charge in [-0.25, -0.2) is 0 Å². The summed E-state index contributed by atoms with van der Waals surface area (Å²) in [4.78, 5) is 12.6. The predicted octanol–water partition coefficient (Wildman–Crippen LogP) is 3.34. The Balaban J connectivity index is 2.00. The number of hydrogen-bond acceptors (Lipinski definition) is 6. The molecule has 2 aromatic carbocycles. The highest BCUT2D eigenvalue weighted by Crippen LogP contribution is 2.45. The molecule has 0 atom stereocenters. The van der Waals surface area contributed by atoms with Crippen LogP contribution in [0.25, 0.3) is 6.08 Å². The van der Waals surface area contributed by atoms with E-state index in [-0.39, 0.29) is 11.5 Å². The Labute approximate surface area is 145 Å². The van der Waals surface area contributed by atoms with E-state index >= 15 is 0 Å². The highest BCUT2D eigenvalue weighted by atomic mass is 16.5. The Morgan fingerprint density at radius 1 is 0.840 bits per heavy atom. The topological polar surface area (TPSA) is 63.2 Å². The van der Waals surface area contributed by atoms with Crippen molar-refractivity contribution in [2.24, 2.45) is 0 Å². The normalized spacial score (nSPS) is 14.1. The maximum absolute atomic E-state index is 12.6. The highest BCUT2D eigenvalue weighted by Gasteiger charge is 2.32. The molecule has 0 N–H and O–H groups in total. The molecule has 6 heteroatoms. The largest absolute Gasteiger partial charge is 0.493 e. The standard InChI is InChI=1S/C19H18O6/c1-21-13-7-5-11(9-15(13)23-3)10-16-17(20)12-6-8-14(22-2)19(24-4)18(12)25-16/h5-10H,1-4H3. The van der Waals surface area contributed by atoms with Crippen molar-refractivity contribution in [2.45, 2.75) is 0 Å². The number of carbonyl (C=O) groups is 1.